The molecule has 2 aliphatic rings. The molecule has 2 amide bonds. The molecular weight excluding hydrogens is 290 g/mol. The van der Waals surface area contributed by atoms with Crippen molar-refractivity contribution in [1.82, 2.24) is 15.5 Å². The van der Waals surface area contributed by atoms with Crippen LogP contribution < -0.4 is 10.6 Å². The van der Waals surface area contributed by atoms with E-state index in [1.54, 1.807) is 0 Å². The minimum atomic E-state index is -0.302. The van der Waals surface area contributed by atoms with Crippen LogP contribution in [0.4, 0.5) is 0 Å². The second kappa shape index (κ2) is 8.59. The van der Waals surface area contributed by atoms with Crippen LogP contribution in [0.2, 0.25) is 0 Å². The van der Waals surface area contributed by atoms with Gasteiger partial charge in [0, 0.05) is 20.0 Å². The van der Waals surface area contributed by atoms with Gasteiger partial charge in [-0.25, -0.2) is 0 Å². The van der Waals surface area contributed by atoms with E-state index in [0.29, 0.717) is 11.8 Å². The third-order valence-corrected chi connectivity index (χ3v) is 4.59. The largest absolute Gasteiger partial charge is 0.344 e. The predicted octanol–water partition coefficient (Wildman–Crippen LogP) is 1.17. The Labute approximate surface area is 133 Å². The van der Waals surface area contributed by atoms with Gasteiger partial charge in [-0.3, -0.25) is 9.59 Å². The van der Waals surface area contributed by atoms with Gasteiger partial charge >= 0.3 is 0 Å². The Morgan fingerprint density at radius 3 is 2.48 bits per heavy atom. The Morgan fingerprint density at radius 2 is 1.90 bits per heavy atom. The summed E-state index contributed by atoms with van der Waals surface area (Å²) in [7, 11) is 1.95. The normalized spacial score (nSPS) is 23.7. The maximum Gasteiger partial charge on any atom is 0.245 e. The maximum absolute atomic E-state index is 12.7. The summed E-state index contributed by atoms with van der Waals surface area (Å²) in [6.45, 7) is 4.11. The molecule has 0 radical (unpaired) electrons. The second-order valence-electron chi connectivity index (χ2n) is 6.22. The lowest BCUT2D eigenvalue weighted by molar-refractivity contribution is -0.136. The van der Waals surface area contributed by atoms with Crippen LogP contribution >= 0.6 is 12.4 Å². The molecule has 2 rings (SSSR count). The Bertz CT molecular complexity index is 359. The summed E-state index contributed by atoms with van der Waals surface area (Å²) >= 11 is 0. The fraction of sp³-hybridized carbons (Fsp3) is 0.867. The number of hydrogen-bond acceptors (Lipinski definition) is 3. The van der Waals surface area contributed by atoms with Crippen molar-refractivity contribution in [3.05, 3.63) is 0 Å². The fourth-order valence-electron chi connectivity index (χ4n) is 3.58. The summed E-state index contributed by atoms with van der Waals surface area (Å²) in [6.07, 6.45) is 5.53. The summed E-state index contributed by atoms with van der Waals surface area (Å²) in [4.78, 5) is 26.1. The summed E-state index contributed by atoms with van der Waals surface area (Å²) in [6, 6.07) is -0.302. The minimum Gasteiger partial charge on any atom is -0.344 e. The summed E-state index contributed by atoms with van der Waals surface area (Å²) in [5, 5.41) is 6.08. The van der Waals surface area contributed by atoms with E-state index in [9.17, 15) is 9.59 Å². The smallest absolute Gasteiger partial charge is 0.245 e. The predicted molar refractivity (Wildman–Crippen MR) is 85.4 cm³/mol. The Kier molecular flexibility index (Phi) is 7.46. The first kappa shape index (κ1) is 18.2. The molecule has 21 heavy (non-hydrogen) atoms. The molecule has 2 atom stereocenters. The number of nitrogens with zero attached hydrogens (tertiary/aromatic N) is 1. The lowest BCUT2D eigenvalue weighted by atomic mass is 9.96. The average Bonchev–Trinajstić information content (AvgIpc) is 3.06. The van der Waals surface area contributed by atoms with E-state index in [1.807, 2.05) is 11.9 Å². The highest BCUT2D eigenvalue weighted by Gasteiger charge is 2.36. The monoisotopic (exact) mass is 317 g/mol. The zero-order valence-corrected chi connectivity index (χ0v) is 13.9. The number of halogens is 1. The van der Waals surface area contributed by atoms with E-state index in [1.165, 1.54) is 19.8 Å². The molecule has 0 aromatic rings. The quantitative estimate of drug-likeness (QED) is 0.800. The van der Waals surface area contributed by atoms with E-state index < -0.39 is 0 Å². The van der Waals surface area contributed by atoms with Crippen LogP contribution in [-0.2, 0) is 9.59 Å². The number of amides is 2. The molecule has 1 aliphatic carbocycles. The van der Waals surface area contributed by atoms with Crippen LogP contribution in [0.15, 0.2) is 0 Å². The minimum absolute atomic E-state index is 0. The average molecular weight is 318 g/mol. The van der Waals surface area contributed by atoms with Gasteiger partial charge in [-0.1, -0.05) is 12.8 Å². The van der Waals surface area contributed by atoms with Gasteiger partial charge in [0.05, 0.1) is 0 Å². The highest BCUT2D eigenvalue weighted by Crippen LogP contribution is 2.29. The highest BCUT2D eigenvalue weighted by atomic mass is 35.5. The number of hydrogen-bond donors (Lipinski definition) is 2. The zero-order valence-electron chi connectivity index (χ0n) is 13.1. The molecule has 5 nitrogen and oxygen atoms in total. The number of nitrogens with one attached hydrogen (secondary N) is 2. The van der Waals surface area contributed by atoms with Crippen molar-refractivity contribution in [2.75, 3.05) is 26.7 Å². The van der Waals surface area contributed by atoms with Gasteiger partial charge < -0.3 is 15.5 Å². The van der Waals surface area contributed by atoms with Crippen molar-refractivity contribution in [3.63, 3.8) is 0 Å². The van der Waals surface area contributed by atoms with E-state index in [2.05, 4.69) is 10.6 Å². The van der Waals surface area contributed by atoms with Crippen molar-refractivity contribution >= 4 is 24.2 Å². The van der Waals surface area contributed by atoms with Crippen LogP contribution in [-0.4, -0.2) is 49.4 Å². The number of likely N-dealkylation sites (tertiary alicyclic amines) is 1. The van der Waals surface area contributed by atoms with Gasteiger partial charge in [-0.2, -0.15) is 0 Å². The molecule has 122 valence electrons. The molecular formula is C15H28ClN3O2. The first-order chi connectivity index (χ1) is 9.61. The zero-order chi connectivity index (χ0) is 14.5. The van der Waals surface area contributed by atoms with E-state index in [-0.39, 0.29) is 30.3 Å². The van der Waals surface area contributed by atoms with Gasteiger partial charge in [0.25, 0.3) is 0 Å². The topological polar surface area (TPSA) is 61.4 Å². The van der Waals surface area contributed by atoms with Crippen molar-refractivity contribution < 1.29 is 9.59 Å². The van der Waals surface area contributed by atoms with Crippen molar-refractivity contribution in [2.45, 2.75) is 45.1 Å². The summed E-state index contributed by atoms with van der Waals surface area (Å²) in [5.41, 5.74) is 0. The Hall–Kier alpha value is -0.810. The molecule has 6 heteroatoms. The van der Waals surface area contributed by atoms with E-state index >= 15 is 0 Å². The van der Waals surface area contributed by atoms with Crippen LogP contribution in [0.1, 0.15) is 39.0 Å². The summed E-state index contributed by atoms with van der Waals surface area (Å²) in [5.74, 6) is 0.909. The molecule has 1 saturated heterocycles. The fourth-order valence-corrected chi connectivity index (χ4v) is 3.58. The third kappa shape index (κ3) is 4.85. The molecule has 0 aromatic heterocycles. The molecule has 1 heterocycles. The van der Waals surface area contributed by atoms with Gasteiger partial charge in [0.15, 0.2) is 0 Å². The first-order valence-electron chi connectivity index (χ1n) is 7.82. The van der Waals surface area contributed by atoms with Gasteiger partial charge in [0.1, 0.15) is 6.04 Å². The molecule has 1 saturated carbocycles. The van der Waals surface area contributed by atoms with E-state index in [0.717, 1.165) is 38.9 Å². The van der Waals surface area contributed by atoms with Crippen LogP contribution in [0.5, 0.6) is 0 Å². The number of carbonyl (C=O) groups excluding carboxylic acids is 2. The number of rotatable bonds is 5. The molecule has 2 unspecified atom stereocenters. The van der Waals surface area contributed by atoms with Gasteiger partial charge in [-0.05, 0) is 44.7 Å². The van der Waals surface area contributed by atoms with Crippen molar-refractivity contribution in [3.8, 4) is 0 Å². The number of carbonyl (C=O) groups is 2. The molecule has 1 aliphatic heterocycles. The van der Waals surface area contributed by atoms with Crippen LogP contribution in [0.25, 0.3) is 0 Å². The van der Waals surface area contributed by atoms with Crippen LogP contribution in [0, 0.1) is 11.8 Å². The third-order valence-electron chi connectivity index (χ3n) is 4.59. The molecule has 0 aromatic carbocycles. The SMILES string of the molecule is CNCC1CCN(C(=O)C(NC(C)=O)C2CCCC2)C1.Cl. The standard InChI is InChI=1S/C15H27N3O2.ClH/c1-11(19)17-14(13-5-3-4-6-13)15(20)18-8-7-12(10-18)9-16-2;/h12-14,16H,3-10H2,1-2H3,(H,17,19);1H. The Balaban J connectivity index is 0.00000220. The lowest BCUT2D eigenvalue weighted by Gasteiger charge is -2.28. The maximum atomic E-state index is 12.7. The first-order valence-corrected chi connectivity index (χ1v) is 7.82. The summed E-state index contributed by atoms with van der Waals surface area (Å²) < 4.78 is 0. The molecule has 2 fully saturated rings. The van der Waals surface area contributed by atoms with Gasteiger partial charge in [-0.15, -0.1) is 12.4 Å². The molecule has 0 spiro atoms. The molecule has 0 bridgehead atoms. The van der Waals surface area contributed by atoms with E-state index in [4.69, 9.17) is 0 Å². The van der Waals surface area contributed by atoms with Crippen LogP contribution in [0.3, 0.4) is 0 Å². The lowest BCUT2D eigenvalue weighted by Crippen LogP contribution is -2.51. The van der Waals surface area contributed by atoms with Gasteiger partial charge in [0.2, 0.25) is 11.8 Å². The highest BCUT2D eigenvalue weighted by molar-refractivity contribution is 5.87. The van der Waals surface area contributed by atoms with Crippen molar-refractivity contribution in [2.24, 2.45) is 11.8 Å². The molecule has 2 N–H and O–H groups in total. The second-order valence-corrected chi connectivity index (χ2v) is 6.22. The Morgan fingerprint density at radius 1 is 1.24 bits per heavy atom. The van der Waals surface area contributed by atoms with Crippen molar-refractivity contribution in [1.29, 1.82) is 0 Å².